The van der Waals surface area contributed by atoms with Crippen molar-refractivity contribution in [3.05, 3.63) is 71.4 Å². The van der Waals surface area contributed by atoms with E-state index < -0.39 is 29.9 Å². The molecule has 3 saturated heterocycles. The van der Waals surface area contributed by atoms with Crippen LogP contribution in [0.15, 0.2) is 48.7 Å². The molecule has 4 aliphatic rings. The highest BCUT2D eigenvalue weighted by Gasteiger charge is 2.55. The van der Waals surface area contributed by atoms with E-state index in [9.17, 15) is 19.2 Å². The highest BCUT2D eigenvalue weighted by Crippen LogP contribution is 2.58. The first kappa shape index (κ1) is 52.3. The summed E-state index contributed by atoms with van der Waals surface area (Å²) in [6, 6.07) is 12.4. The quantitative estimate of drug-likeness (QED) is 0.147. The van der Waals surface area contributed by atoms with Crippen LogP contribution in [0, 0.1) is 35.0 Å². The van der Waals surface area contributed by atoms with Crippen molar-refractivity contribution in [2.45, 2.75) is 84.0 Å². The maximum atomic E-state index is 14.0. The van der Waals surface area contributed by atoms with E-state index in [1.165, 1.54) is 20.0 Å². The highest BCUT2D eigenvalue weighted by atomic mass is 32.1. The molecule has 4 fully saturated rings. The van der Waals surface area contributed by atoms with Gasteiger partial charge in [0.25, 0.3) is 0 Å². The summed E-state index contributed by atoms with van der Waals surface area (Å²) in [5, 5.41) is 5.38. The number of likely N-dealkylation sites (tertiary alicyclic amines) is 2. The first-order valence-corrected chi connectivity index (χ1v) is 19.9. The lowest BCUT2D eigenvalue weighted by Gasteiger charge is -2.30. The van der Waals surface area contributed by atoms with Gasteiger partial charge in [-0.3, -0.25) is 9.59 Å². The molecule has 0 radical (unpaired) electrons. The van der Waals surface area contributed by atoms with Crippen LogP contribution in [0.5, 0.6) is 0 Å². The molecule has 1 aliphatic carbocycles. The summed E-state index contributed by atoms with van der Waals surface area (Å²) in [7, 11) is 1.25. The van der Waals surface area contributed by atoms with Crippen LogP contribution in [0.3, 0.4) is 0 Å². The molecule has 5 heterocycles. The number of aromatic nitrogens is 4. The number of alkyl carbamates (subject to hydrolysis) is 2. The lowest BCUT2D eigenvalue weighted by molar-refractivity contribution is -0.137. The van der Waals surface area contributed by atoms with E-state index >= 15 is 0 Å². The standard InChI is InChI=1S/C43H50N8O6.5H2S/c1-24(2)26(5)38(52)50-22-42(15-16-42)18-33(50)37-46-30-14-11-28(17-31(30)47-37)8-7-27-9-12-29(13-10-27)32-20-44-36(48-32)34-19-43(21-45-40(54)57-43)23-51(34)39(53)35(25(3)4)49-41(55)56-6;;;;;/h9-14,17,20,24-26,33-35H,15-16,18-19,21-23H2,1-6H3,(H,44,48)(H,45,54)(H,46,47)(H,49,55);5*1H2/t26-,33-,34-,35-,43+;;;;;/m0...../s1. The van der Waals surface area contributed by atoms with E-state index in [2.05, 4.69) is 56.2 Å². The number of H-pyrrole nitrogens is 2. The Hall–Kier alpha value is -4.09. The topological polar surface area (TPSA) is 175 Å². The van der Waals surface area contributed by atoms with Gasteiger partial charge in [-0.25, -0.2) is 19.6 Å². The van der Waals surface area contributed by atoms with E-state index in [1.54, 1.807) is 11.1 Å². The van der Waals surface area contributed by atoms with Crippen LogP contribution in [0.4, 0.5) is 9.59 Å². The number of carbonyl (C=O) groups excluding carboxylic acids is 4. The van der Waals surface area contributed by atoms with Crippen molar-refractivity contribution in [1.82, 2.24) is 40.4 Å². The average molecular weight is 945 g/mol. The fourth-order valence-corrected chi connectivity index (χ4v) is 8.42. The number of methoxy groups -OCH3 is 1. The minimum atomic E-state index is -0.912. The Bertz CT molecular complexity index is 2310. The number of hydrogen-bond acceptors (Lipinski definition) is 8. The molecule has 0 unspecified atom stereocenters. The number of ether oxygens (including phenoxy) is 2. The third kappa shape index (κ3) is 10.5. The van der Waals surface area contributed by atoms with Gasteiger partial charge in [-0.1, -0.05) is 58.6 Å². The van der Waals surface area contributed by atoms with Gasteiger partial charge in [-0.05, 0) is 72.4 Å². The zero-order valence-electron chi connectivity index (χ0n) is 35.8. The van der Waals surface area contributed by atoms with Gasteiger partial charge in [0, 0.05) is 30.0 Å². The molecule has 14 nitrogen and oxygen atoms in total. The fourth-order valence-electron chi connectivity index (χ4n) is 8.42. The largest absolute Gasteiger partial charge is 0.453 e. The number of fused-ring (bicyclic) bond motifs is 1. The van der Waals surface area contributed by atoms with Crippen molar-refractivity contribution in [1.29, 1.82) is 0 Å². The van der Waals surface area contributed by atoms with Crippen LogP contribution >= 0.6 is 67.5 Å². The SMILES string of the molecule is COC(=O)N[C@H](C(=O)N1C[C@]2(CNC(=O)O2)C[C@H]1c1ncc(-c2ccc(C#Cc3ccc4nc([C@@H]5CC6(CC6)CN5C(=O)[C@@H](C)C(C)C)[nH]c4c3)cc2)[nH]1)C(C)C.S.S.S.S.S. The monoisotopic (exact) mass is 944 g/mol. The van der Waals surface area contributed by atoms with Gasteiger partial charge in [-0.2, -0.15) is 67.5 Å². The second-order valence-electron chi connectivity index (χ2n) is 17.1. The first-order valence-electron chi connectivity index (χ1n) is 19.9. The molecular weight excluding hydrogens is 885 g/mol. The molecule has 4 aromatic rings. The van der Waals surface area contributed by atoms with E-state index in [1.807, 2.05) is 63.2 Å². The number of amides is 4. The molecule has 338 valence electrons. The van der Waals surface area contributed by atoms with Crippen molar-refractivity contribution < 1.29 is 28.7 Å². The van der Waals surface area contributed by atoms with Crippen LogP contribution in [0.1, 0.15) is 95.2 Å². The Kier molecular flexibility index (Phi) is 17.4. The molecule has 62 heavy (non-hydrogen) atoms. The van der Waals surface area contributed by atoms with Crippen LogP contribution in [0.2, 0.25) is 0 Å². The predicted octanol–water partition coefficient (Wildman–Crippen LogP) is 6.40. The minimum absolute atomic E-state index is 0. The molecule has 8 rings (SSSR count). The number of hydrogen-bond donors (Lipinski definition) is 4. The smallest absolute Gasteiger partial charge is 0.407 e. The van der Waals surface area contributed by atoms with E-state index in [-0.39, 0.29) is 122 Å². The summed E-state index contributed by atoms with van der Waals surface area (Å²) in [4.78, 5) is 72.0. The van der Waals surface area contributed by atoms with E-state index in [0.717, 1.165) is 52.2 Å². The molecule has 2 spiro atoms. The lowest BCUT2D eigenvalue weighted by atomic mass is 9.96. The Balaban J connectivity index is 0.00000205. The third-order valence-electron chi connectivity index (χ3n) is 12.4. The summed E-state index contributed by atoms with van der Waals surface area (Å²) in [5.74, 6) is 7.87. The number of rotatable bonds is 8. The zero-order chi connectivity index (χ0) is 40.2. The molecule has 4 N–H and O–H groups in total. The van der Waals surface area contributed by atoms with Gasteiger partial charge in [0.2, 0.25) is 11.8 Å². The zero-order valence-corrected chi connectivity index (χ0v) is 40.8. The maximum absolute atomic E-state index is 14.0. The molecule has 4 amide bonds. The second kappa shape index (κ2) is 20.6. The highest BCUT2D eigenvalue weighted by molar-refractivity contribution is 7.60. The Morgan fingerprint density at radius 2 is 1.48 bits per heavy atom. The molecule has 19 heteroatoms. The van der Waals surface area contributed by atoms with Gasteiger partial charge in [0.1, 0.15) is 17.7 Å². The van der Waals surface area contributed by atoms with Gasteiger partial charge < -0.3 is 39.9 Å². The van der Waals surface area contributed by atoms with Crippen molar-refractivity contribution in [3.8, 4) is 23.1 Å². The Labute approximate surface area is 397 Å². The van der Waals surface area contributed by atoms with Crippen molar-refractivity contribution >= 4 is 103 Å². The van der Waals surface area contributed by atoms with E-state index in [0.29, 0.717) is 12.2 Å². The molecule has 3 aliphatic heterocycles. The lowest BCUT2D eigenvalue weighted by Crippen LogP contribution is -2.52. The summed E-state index contributed by atoms with van der Waals surface area (Å²) in [6.45, 7) is 11.2. The molecule has 0 bridgehead atoms. The predicted molar refractivity (Wildman–Crippen MR) is 263 cm³/mol. The summed E-state index contributed by atoms with van der Waals surface area (Å²) in [6.07, 6.45) is 4.12. The number of aromatic amines is 2. The van der Waals surface area contributed by atoms with Gasteiger partial charge in [0.05, 0.1) is 55.2 Å². The molecular formula is C43H60N8O6S5. The van der Waals surface area contributed by atoms with Crippen molar-refractivity contribution in [3.63, 3.8) is 0 Å². The number of nitrogens with zero attached hydrogens (tertiary/aromatic N) is 4. The molecule has 2 aromatic carbocycles. The minimum Gasteiger partial charge on any atom is -0.453 e. The second-order valence-corrected chi connectivity index (χ2v) is 17.1. The number of nitrogens with one attached hydrogen (secondary N) is 4. The first-order chi connectivity index (χ1) is 27.3. The van der Waals surface area contributed by atoms with Crippen LogP contribution in [0.25, 0.3) is 22.3 Å². The van der Waals surface area contributed by atoms with Gasteiger partial charge >= 0.3 is 12.2 Å². The third-order valence-corrected chi connectivity index (χ3v) is 12.4. The van der Waals surface area contributed by atoms with Crippen LogP contribution in [-0.4, -0.2) is 92.1 Å². The molecule has 5 atom stereocenters. The van der Waals surface area contributed by atoms with E-state index in [4.69, 9.17) is 14.5 Å². The Morgan fingerprint density at radius 3 is 2.10 bits per heavy atom. The summed E-state index contributed by atoms with van der Waals surface area (Å²) < 4.78 is 10.5. The number of carbonyl (C=O) groups is 4. The summed E-state index contributed by atoms with van der Waals surface area (Å²) >= 11 is 0. The van der Waals surface area contributed by atoms with Crippen molar-refractivity contribution in [2.24, 2.45) is 23.2 Å². The normalized spacial score (nSPS) is 21.3. The fraction of sp³-hybridized carbons (Fsp3) is 0.488. The van der Waals surface area contributed by atoms with Crippen molar-refractivity contribution in [2.75, 3.05) is 26.7 Å². The molecule has 1 saturated carbocycles. The summed E-state index contributed by atoms with van der Waals surface area (Å²) in [5.41, 5.74) is 4.42. The number of imidazole rings is 2. The number of benzene rings is 2. The van der Waals surface area contributed by atoms with Crippen LogP contribution in [-0.2, 0) is 19.1 Å². The maximum Gasteiger partial charge on any atom is 0.407 e. The molecule has 2 aromatic heterocycles. The van der Waals surface area contributed by atoms with Gasteiger partial charge in [-0.15, -0.1) is 0 Å². The van der Waals surface area contributed by atoms with Gasteiger partial charge in [0.15, 0.2) is 5.60 Å². The van der Waals surface area contributed by atoms with Crippen LogP contribution < -0.4 is 10.6 Å². The average Bonchev–Trinajstić information content (AvgIpc) is 3.74. The Morgan fingerprint density at radius 1 is 0.839 bits per heavy atom.